The summed E-state index contributed by atoms with van der Waals surface area (Å²) in [5.41, 5.74) is 0. The van der Waals surface area contributed by atoms with Crippen molar-refractivity contribution in [1.29, 1.82) is 0 Å². The minimum atomic E-state index is 1.05. The Morgan fingerprint density at radius 1 is 0.737 bits per heavy atom. The first-order valence-electron chi connectivity index (χ1n) is 9.17. The Kier molecular flexibility index (Phi) is 44.3. The second kappa shape index (κ2) is 30.8. The van der Waals surface area contributed by atoms with Gasteiger partial charge in [-0.3, -0.25) is 0 Å². The zero-order valence-corrected chi connectivity index (χ0v) is 16.1. The van der Waals surface area contributed by atoms with Gasteiger partial charge in [-0.1, -0.05) is 108 Å². The van der Waals surface area contributed by atoms with Crippen LogP contribution < -0.4 is 0 Å². The lowest BCUT2D eigenvalue weighted by Crippen LogP contribution is -2.22. The van der Waals surface area contributed by atoms with Gasteiger partial charge in [-0.05, 0) is 18.3 Å². The standard InChI is InChI=1S/C9H18.2C3H8.2C2H6/c1-3-4-5-9-7-6-8(9)2;2*1-3-2;2*1-2/h8-9H,3-7H2,1-2H3;2*3H2,1-2H3;2*1-2H3. The highest BCUT2D eigenvalue weighted by Crippen LogP contribution is 2.36. The zero-order valence-electron chi connectivity index (χ0n) is 16.1. The monoisotopic (exact) mass is 274 g/mol. The van der Waals surface area contributed by atoms with Gasteiger partial charge >= 0.3 is 0 Å². The molecule has 0 nitrogen and oxygen atoms in total. The molecule has 0 amide bonds. The van der Waals surface area contributed by atoms with E-state index in [0.29, 0.717) is 0 Å². The number of hydrogen-bond acceptors (Lipinski definition) is 0. The lowest BCUT2D eigenvalue weighted by atomic mass is 9.72. The largest absolute Gasteiger partial charge is 0.0683 e. The molecule has 2 unspecified atom stereocenters. The van der Waals surface area contributed by atoms with E-state index in [9.17, 15) is 0 Å². The Hall–Kier alpha value is 0. The number of hydrogen-bond donors (Lipinski definition) is 0. The molecule has 1 saturated carbocycles. The van der Waals surface area contributed by atoms with Crippen molar-refractivity contribution in [3.05, 3.63) is 0 Å². The van der Waals surface area contributed by atoms with Crippen LogP contribution in [0.2, 0.25) is 0 Å². The summed E-state index contributed by atoms with van der Waals surface area (Å²) in [6, 6.07) is 0. The van der Waals surface area contributed by atoms with Gasteiger partial charge in [-0.15, -0.1) is 0 Å². The summed E-state index contributed by atoms with van der Waals surface area (Å²) in [6.07, 6.45) is 9.84. The quantitative estimate of drug-likeness (QED) is 0.487. The van der Waals surface area contributed by atoms with Gasteiger partial charge in [0.1, 0.15) is 0 Å². The summed E-state index contributed by atoms with van der Waals surface area (Å²) in [4.78, 5) is 0. The normalized spacial score (nSPS) is 18.6. The highest BCUT2D eigenvalue weighted by Gasteiger charge is 2.25. The molecule has 0 aromatic carbocycles. The molecule has 2 atom stereocenters. The zero-order chi connectivity index (χ0) is 16.1. The second-order valence-electron chi connectivity index (χ2n) is 4.87. The molecular weight excluding hydrogens is 228 g/mol. The second-order valence-corrected chi connectivity index (χ2v) is 4.87. The Morgan fingerprint density at radius 3 is 1.26 bits per heavy atom. The first-order valence-corrected chi connectivity index (χ1v) is 9.17. The Balaban J connectivity index is -0.0000000951. The topological polar surface area (TPSA) is 0 Å². The van der Waals surface area contributed by atoms with Crippen molar-refractivity contribution >= 4 is 0 Å². The average Bonchev–Trinajstić information content (AvgIpc) is 2.44. The average molecular weight is 275 g/mol. The molecule has 0 aromatic rings. The summed E-state index contributed by atoms with van der Waals surface area (Å²) in [7, 11) is 0. The molecule has 19 heavy (non-hydrogen) atoms. The van der Waals surface area contributed by atoms with E-state index in [1.165, 1.54) is 44.9 Å². The summed E-state index contributed by atoms with van der Waals surface area (Å²) in [5.74, 6) is 2.15. The van der Waals surface area contributed by atoms with Gasteiger partial charge in [0.2, 0.25) is 0 Å². The maximum atomic E-state index is 2.39. The van der Waals surface area contributed by atoms with Crippen LogP contribution in [-0.4, -0.2) is 0 Å². The lowest BCUT2D eigenvalue weighted by molar-refractivity contribution is 0.180. The van der Waals surface area contributed by atoms with E-state index in [-0.39, 0.29) is 0 Å². The van der Waals surface area contributed by atoms with Crippen LogP contribution in [0, 0.1) is 11.8 Å². The van der Waals surface area contributed by atoms with E-state index in [1.54, 1.807) is 0 Å². The van der Waals surface area contributed by atoms with Crippen molar-refractivity contribution in [2.75, 3.05) is 0 Å². The predicted molar refractivity (Wildman–Crippen MR) is 96.0 cm³/mol. The first kappa shape index (κ1) is 27.4. The van der Waals surface area contributed by atoms with Crippen LogP contribution >= 0.6 is 0 Å². The minimum Gasteiger partial charge on any atom is -0.0683 e. The molecule has 0 aromatic heterocycles. The molecular formula is C19H46. The van der Waals surface area contributed by atoms with Crippen LogP contribution in [0.25, 0.3) is 0 Å². The van der Waals surface area contributed by atoms with Crippen molar-refractivity contribution in [3.8, 4) is 0 Å². The highest BCUT2D eigenvalue weighted by atomic mass is 14.3. The molecule has 122 valence electrons. The smallest absolute Gasteiger partial charge is 0.0388 e. The van der Waals surface area contributed by atoms with Gasteiger partial charge in [0.25, 0.3) is 0 Å². The third-order valence-corrected chi connectivity index (χ3v) is 2.73. The molecule has 1 aliphatic carbocycles. The van der Waals surface area contributed by atoms with Gasteiger partial charge in [-0.25, -0.2) is 0 Å². The van der Waals surface area contributed by atoms with Crippen LogP contribution in [0.3, 0.4) is 0 Å². The molecule has 0 heterocycles. The molecule has 1 rings (SSSR count). The SMILES string of the molecule is CC.CC.CCC.CCC.CCCCC1CCC1C. The van der Waals surface area contributed by atoms with Crippen LogP contribution in [0.1, 0.15) is 114 Å². The predicted octanol–water partition coefficient (Wildman–Crippen LogP) is 8.11. The van der Waals surface area contributed by atoms with Crippen molar-refractivity contribution < 1.29 is 0 Å². The third-order valence-electron chi connectivity index (χ3n) is 2.73. The van der Waals surface area contributed by atoms with Gasteiger partial charge < -0.3 is 0 Å². The summed E-state index contributed by atoms with van der Waals surface area (Å²) in [5, 5.41) is 0. The molecule has 1 fully saturated rings. The summed E-state index contributed by atoms with van der Waals surface area (Å²) < 4.78 is 0. The van der Waals surface area contributed by atoms with E-state index >= 15 is 0 Å². The molecule has 0 heteroatoms. The van der Waals surface area contributed by atoms with Crippen LogP contribution in [0.5, 0.6) is 0 Å². The lowest BCUT2D eigenvalue weighted by Gasteiger charge is -2.33. The molecule has 0 aliphatic heterocycles. The fraction of sp³-hybridized carbons (Fsp3) is 1.00. The fourth-order valence-corrected chi connectivity index (χ4v) is 1.63. The first-order chi connectivity index (χ1) is 9.17. The third kappa shape index (κ3) is 27.3. The molecule has 0 saturated heterocycles. The summed E-state index contributed by atoms with van der Waals surface area (Å²) in [6.45, 7) is 21.2. The van der Waals surface area contributed by atoms with Gasteiger partial charge in [0, 0.05) is 0 Å². The van der Waals surface area contributed by atoms with Crippen molar-refractivity contribution in [3.63, 3.8) is 0 Å². The maximum absolute atomic E-state index is 2.39. The van der Waals surface area contributed by atoms with Crippen LogP contribution in [0.4, 0.5) is 0 Å². The maximum Gasteiger partial charge on any atom is -0.0388 e. The molecule has 1 aliphatic rings. The van der Waals surface area contributed by atoms with Gasteiger partial charge in [-0.2, -0.15) is 0 Å². The van der Waals surface area contributed by atoms with Crippen molar-refractivity contribution in [2.24, 2.45) is 11.8 Å². The Morgan fingerprint density at radius 2 is 1.11 bits per heavy atom. The summed E-state index contributed by atoms with van der Waals surface area (Å²) >= 11 is 0. The van der Waals surface area contributed by atoms with E-state index < -0.39 is 0 Å². The van der Waals surface area contributed by atoms with E-state index in [0.717, 1.165) is 11.8 Å². The highest BCUT2D eigenvalue weighted by molar-refractivity contribution is 4.76. The number of rotatable bonds is 3. The Bertz CT molecular complexity index is 94.2. The molecule has 0 bridgehead atoms. The number of unbranched alkanes of at least 4 members (excludes halogenated alkanes) is 1. The molecule has 0 N–H and O–H groups in total. The van der Waals surface area contributed by atoms with Gasteiger partial charge in [0.15, 0.2) is 0 Å². The van der Waals surface area contributed by atoms with Gasteiger partial charge in [0.05, 0.1) is 0 Å². The fourth-order valence-electron chi connectivity index (χ4n) is 1.63. The van der Waals surface area contributed by atoms with Crippen molar-refractivity contribution in [2.45, 2.75) is 114 Å². The Labute approximate surface area is 126 Å². The molecule has 0 spiro atoms. The molecule has 0 radical (unpaired) electrons. The van der Waals surface area contributed by atoms with Crippen molar-refractivity contribution in [1.82, 2.24) is 0 Å². The minimum absolute atomic E-state index is 1.05. The van der Waals surface area contributed by atoms with E-state index in [2.05, 4.69) is 41.5 Å². The van der Waals surface area contributed by atoms with E-state index in [4.69, 9.17) is 0 Å². The van der Waals surface area contributed by atoms with Crippen LogP contribution in [-0.2, 0) is 0 Å². The van der Waals surface area contributed by atoms with E-state index in [1.807, 2.05) is 27.7 Å². The van der Waals surface area contributed by atoms with Crippen LogP contribution in [0.15, 0.2) is 0 Å².